The summed E-state index contributed by atoms with van der Waals surface area (Å²) in [7, 11) is -1.60. The lowest BCUT2D eigenvalue weighted by Gasteiger charge is -2.21. The predicted octanol–water partition coefficient (Wildman–Crippen LogP) is 10.5. The number of carbonyl (C=O) groups is 2. The maximum Gasteiger partial charge on any atom is 0.317 e. The van der Waals surface area contributed by atoms with E-state index in [-0.39, 0.29) is 17.9 Å². The Labute approximate surface area is 326 Å². The van der Waals surface area contributed by atoms with Crippen molar-refractivity contribution in [2.45, 2.75) is 207 Å². The molecule has 0 bridgehead atoms. The number of carbonyl (C=O) groups excluding carboxylic acids is 2. The minimum Gasteiger partial charge on any atom is -0.726 e. The summed E-state index contributed by atoms with van der Waals surface area (Å²) < 4.78 is 33.1. The Balaban J connectivity index is 0.00000413. The van der Waals surface area contributed by atoms with E-state index in [0.29, 0.717) is 12.8 Å². The quantitative estimate of drug-likeness (QED) is 0.0228. The third kappa shape index (κ3) is 32.0. The van der Waals surface area contributed by atoms with Crippen LogP contribution >= 0.6 is 0 Å². The zero-order valence-electron chi connectivity index (χ0n) is 34.9. The number of amides is 1. The zero-order chi connectivity index (χ0) is 39.4. The normalized spacial score (nSPS) is 14.0. The van der Waals surface area contributed by atoms with E-state index in [9.17, 15) is 22.6 Å². The summed E-state index contributed by atoms with van der Waals surface area (Å²) in [5.74, 6) is 1.11. The highest BCUT2D eigenvalue weighted by Crippen LogP contribution is 2.14. The summed E-state index contributed by atoms with van der Waals surface area (Å²) in [6.07, 6.45) is 43.3. The van der Waals surface area contributed by atoms with Crippen molar-refractivity contribution in [1.82, 2.24) is 10.2 Å². The van der Waals surface area contributed by atoms with Crippen molar-refractivity contribution in [2.24, 2.45) is 0 Å². The number of hydrogen-bond acceptors (Lipinski definition) is 7. The number of allylic oxidation sites excluding steroid dienone is 4. The molecule has 1 atom stereocenters. The molecule has 0 saturated carbocycles. The van der Waals surface area contributed by atoms with Gasteiger partial charge in [0.1, 0.15) is 13.1 Å². The third-order valence-electron chi connectivity index (χ3n) is 9.93. The van der Waals surface area contributed by atoms with E-state index in [1.807, 2.05) is 14.0 Å². The minimum absolute atomic E-state index is 0.105. The summed E-state index contributed by atoms with van der Waals surface area (Å²) in [6, 6.07) is 0. The molecular formula is C43H81N3O6S. The summed E-state index contributed by atoms with van der Waals surface area (Å²) in [6.45, 7) is 8.19. The Morgan fingerprint density at radius 2 is 1.06 bits per heavy atom. The average molecular weight is 768 g/mol. The van der Waals surface area contributed by atoms with Crippen LogP contribution in [0.15, 0.2) is 24.3 Å². The van der Waals surface area contributed by atoms with E-state index in [1.54, 1.807) is 0 Å². The third-order valence-corrected chi connectivity index (χ3v) is 10.3. The Morgan fingerprint density at radius 3 is 1.45 bits per heavy atom. The SMILES string of the molecule is CCCCCCCC/C=C\CCCCCCCC(=O)NC(C)N1CC[N+](C)=C1C(=O)CCCCCCC/C=C\CCCCCCCC.COS(=O)(=O)[O-]. The van der Waals surface area contributed by atoms with E-state index < -0.39 is 10.4 Å². The molecule has 1 amide bonds. The van der Waals surface area contributed by atoms with Crippen molar-refractivity contribution in [1.29, 1.82) is 0 Å². The van der Waals surface area contributed by atoms with Crippen LogP contribution in [-0.4, -0.2) is 73.4 Å². The van der Waals surface area contributed by atoms with E-state index in [0.717, 1.165) is 51.7 Å². The molecule has 1 rings (SSSR count). The Kier molecular flexibility index (Phi) is 34.3. The molecule has 0 spiro atoms. The van der Waals surface area contributed by atoms with Gasteiger partial charge in [0, 0.05) is 12.8 Å². The molecule has 9 nitrogen and oxygen atoms in total. The van der Waals surface area contributed by atoms with Gasteiger partial charge in [-0.1, -0.05) is 141 Å². The first-order chi connectivity index (χ1) is 25.6. The minimum atomic E-state index is -4.41. The van der Waals surface area contributed by atoms with Gasteiger partial charge in [0.05, 0.1) is 14.2 Å². The number of unbranched alkanes of at least 4 members (excludes halogenated alkanes) is 22. The highest BCUT2D eigenvalue weighted by atomic mass is 32.3. The highest BCUT2D eigenvalue weighted by Gasteiger charge is 2.37. The lowest BCUT2D eigenvalue weighted by atomic mass is 10.1. The van der Waals surface area contributed by atoms with Gasteiger partial charge in [-0.25, -0.2) is 13.3 Å². The molecule has 0 aromatic heterocycles. The first kappa shape index (κ1) is 51.0. The summed E-state index contributed by atoms with van der Waals surface area (Å²) in [4.78, 5) is 28.0. The van der Waals surface area contributed by atoms with E-state index in [4.69, 9.17) is 0 Å². The molecule has 53 heavy (non-hydrogen) atoms. The molecule has 1 aliphatic rings. The van der Waals surface area contributed by atoms with Crippen LogP contribution in [0, 0.1) is 0 Å². The van der Waals surface area contributed by atoms with Crippen molar-refractivity contribution in [3.63, 3.8) is 0 Å². The van der Waals surface area contributed by atoms with Gasteiger partial charge in [0.15, 0.2) is 6.17 Å². The first-order valence-electron chi connectivity index (χ1n) is 21.6. The first-order valence-corrected chi connectivity index (χ1v) is 22.9. The van der Waals surface area contributed by atoms with Gasteiger partial charge in [-0.2, -0.15) is 0 Å². The van der Waals surface area contributed by atoms with Crippen LogP contribution in [0.3, 0.4) is 0 Å². The van der Waals surface area contributed by atoms with Crippen molar-refractivity contribution in [3.05, 3.63) is 24.3 Å². The van der Waals surface area contributed by atoms with Gasteiger partial charge < -0.3 is 9.87 Å². The number of amidine groups is 1. The van der Waals surface area contributed by atoms with E-state index in [2.05, 4.69) is 57.1 Å². The topological polar surface area (TPSA) is 119 Å². The average Bonchev–Trinajstić information content (AvgIpc) is 3.52. The molecule has 1 aliphatic heterocycles. The second kappa shape index (κ2) is 35.6. The molecule has 1 unspecified atom stereocenters. The lowest BCUT2D eigenvalue weighted by molar-refractivity contribution is -0.485. The van der Waals surface area contributed by atoms with Crippen molar-refractivity contribution in [3.8, 4) is 0 Å². The Morgan fingerprint density at radius 1 is 0.698 bits per heavy atom. The van der Waals surface area contributed by atoms with Crippen molar-refractivity contribution in [2.75, 3.05) is 27.2 Å². The lowest BCUT2D eigenvalue weighted by Crippen LogP contribution is -2.50. The fraction of sp³-hybridized carbons (Fsp3) is 0.837. The molecule has 10 heteroatoms. The summed E-state index contributed by atoms with van der Waals surface area (Å²) in [5.41, 5.74) is 0. The standard InChI is InChI=1S/C42H77N3O2.CH4O4S/c1-5-7-9-11-13-15-17-19-21-23-25-27-29-31-33-35-40(46)42-44(4)37-38-45(42)39(3)43-41(47)36-34-32-30-28-26-24-22-20-18-16-14-12-10-8-6-2;1-5-6(2,3)4/h19-22,39H,5-18,23-38H2,1-4H3;1H3,(H,2,3,4)/b21-19-,22-20-;. The van der Waals surface area contributed by atoms with Crippen LogP contribution < -0.4 is 5.32 Å². The van der Waals surface area contributed by atoms with Gasteiger partial charge in [0.2, 0.25) is 22.1 Å². The van der Waals surface area contributed by atoms with Crippen LogP contribution in [-0.2, 0) is 24.2 Å². The molecule has 310 valence electrons. The van der Waals surface area contributed by atoms with Gasteiger partial charge in [-0.15, -0.1) is 0 Å². The Hall–Kier alpha value is -2.04. The highest BCUT2D eigenvalue weighted by molar-refractivity contribution is 7.80. The number of nitrogens with zero attached hydrogens (tertiary/aromatic N) is 2. The van der Waals surface area contributed by atoms with E-state index in [1.165, 1.54) is 141 Å². The number of Topliss-reactive ketones (excluding diaryl/α,β-unsaturated/α-hetero) is 1. The van der Waals surface area contributed by atoms with Gasteiger partial charge in [-0.05, 0) is 71.1 Å². The Bertz CT molecular complexity index is 1110. The smallest absolute Gasteiger partial charge is 0.317 e. The molecule has 0 radical (unpaired) electrons. The molecule has 0 saturated heterocycles. The van der Waals surface area contributed by atoms with Crippen LogP contribution in [0.1, 0.15) is 201 Å². The molecule has 1 heterocycles. The molecule has 0 aromatic rings. The van der Waals surface area contributed by atoms with Crippen LogP contribution in [0.5, 0.6) is 0 Å². The second-order valence-corrected chi connectivity index (χ2v) is 16.0. The van der Waals surface area contributed by atoms with Crippen LogP contribution in [0.2, 0.25) is 0 Å². The van der Waals surface area contributed by atoms with Gasteiger partial charge in [0.25, 0.3) is 0 Å². The van der Waals surface area contributed by atoms with Crippen LogP contribution in [0.25, 0.3) is 0 Å². The molecule has 0 fully saturated rings. The van der Waals surface area contributed by atoms with Gasteiger partial charge in [-0.3, -0.25) is 18.3 Å². The number of likely N-dealkylation sites (N-methyl/N-ethyl adjacent to an activating group) is 1. The summed E-state index contributed by atoms with van der Waals surface area (Å²) in [5, 5.41) is 3.17. The fourth-order valence-corrected chi connectivity index (χ4v) is 6.65. The van der Waals surface area contributed by atoms with Gasteiger partial charge >= 0.3 is 5.84 Å². The van der Waals surface area contributed by atoms with Crippen molar-refractivity contribution < 1.29 is 31.3 Å². The zero-order valence-corrected chi connectivity index (χ0v) is 35.7. The maximum atomic E-state index is 13.2. The van der Waals surface area contributed by atoms with Crippen molar-refractivity contribution >= 4 is 27.9 Å². The summed E-state index contributed by atoms with van der Waals surface area (Å²) >= 11 is 0. The second-order valence-electron chi connectivity index (χ2n) is 14.8. The van der Waals surface area contributed by atoms with Crippen LogP contribution in [0.4, 0.5) is 0 Å². The molecular weight excluding hydrogens is 687 g/mol. The fourth-order valence-electron chi connectivity index (χ4n) is 6.65. The predicted molar refractivity (Wildman–Crippen MR) is 221 cm³/mol. The number of ketones is 1. The van der Waals surface area contributed by atoms with E-state index >= 15 is 0 Å². The maximum absolute atomic E-state index is 13.2. The monoisotopic (exact) mass is 768 g/mol. The molecule has 0 aromatic carbocycles. The molecule has 1 N–H and O–H groups in total. The number of rotatable bonds is 34. The molecule has 0 aliphatic carbocycles. The number of nitrogens with one attached hydrogen (secondary N) is 1. The largest absolute Gasteiger partial charge is 0.726 e. The number of hydrogen-bond donors (Lipinski definition) is 1.